The summed E-state index contributed by atoms with van der Waals surface area (Å²) in [5.41, 5.74) is 0.207. The van der Waals surface area contributed by atoms with Gasteiger partial charge in [0.25, 0.3) is 6.43 Å². The summed E-state index contributed by atoms with van der Waals surface area (Å²) in [6.45, 7) is 1.47. The van der Waals surface area contributed by atoms with Gasteiger partial charge in [-0.1, -0.05) is 15.9 Å². The average molecular weight is 281 g/mol. The smallest absolute Gasteiger partial charge is 0.358 e. The number of hydrogen-bond donors (Lipinski definition) is 0. The largest absolute Gasteiger partial charge is 0.364 e. The van der Waals surface area contributed by atoms with E-state index in [0.717, 1.165) is 6.07 Å². The van der Waals surface area contributed by atoms with Gasteiger partial charge < -0.3 is 10.1 Å². The number of nitrogens with zero attached hydrogens (tertiary/aromatic N) is 2. The maximum absolute atomic E-state index is 12.6. The first-order chi connectivity index (χ1) is 6.97. The SMILES string of the molecule is Cc1nc([N+](=O)[O-])cc(C(F)F)c1CBr. The number of pyridine rings is 1. The Kier molecular flexibility index (Phi) is 3.67. The Morgan fingerprint density at radius 3 is 2.67 bits per heavy atom. The van der Waals surface area contributed by atoms with Crippen LogP contribution in [-0.4, -0.2) is 9.91 Å². The lowest BCUT2D eigenvalue weighted by Crippen LogP contribution is -2.02. The number of aromatic nitrogens is 1. The van der Waals surface area contributed by atoms with Gasteiger partial charge in [-0.05, 0) is 9.91 Å². The average Bonchev–Trinajstić information content (AvgIpc) is 2.16. The molecule has 7 heteroatoms. The Morgan fingerprint density at radius 2 is 2.27 bits per heavy atom. The van der Waals surface area contributed by atoms with Gasteiger partial charge in [0.15, 0.2) is 5.69 Å². The first-order valence-electron chi connectivity index (χ1n) is 3.96. The lowest BCUT2D eigenvalue weighted by Gasteiger charge is -2.06. The second kappa shape index (κ2) is 4.61. The maximum atomic E-state index is 12.6. The molecule has 4 nitrogen and oxygen atoms in total. The van der Waals surface area contributed by atoms with Crippen LogP contribution in [0.4, 0.5) is 14.6 Å². The zero-order valence-corrected chi connectivity index (χ0v) is 9.29. The van der Waals surface area contributed by atoms with Gasteiger partial charge in [-0.15, -0.1) is 0 Å². The summed E-state index contributed by atoms with van der Waals surface area (Å²) in [4.78, 5) is 13.3. The lowest BCUT2D eigenvalue weighted by molar-refractivity contribution is -0.389. The molecule has 0 N–H and O–H groups in total. The van der Waals surface area contributed by atoms with Crippen LogP contribution >= 0.6 is 15.9 Å². The van der Waals surface area contributed by atoms with Crippen LogP contribution in [0.3, 0.4) is 0 Å². The first kappa shape index (κ1) is 12.0. The molecule has 0 aliphatic carbocycles. The fourth-order valence-corrected chi connectivity index (χ4v) is 1.90. The molecule has 82 valence electrons. The van der Waals surface area contributed by atoms with Crippen molar-refractivity contribution in [3.8, 4) is 0 Å². The molecule has 15 heavy (non-hydrogen) atoms. The van der Waals surface area contributed by atoms with E-state index in [2.05, 4.69) is 20.9 Å². The Morgan fingerprint density at radius 1 is 1.67 bits per heavy atom. The predicted molar refractivity (Wildman–Crippen MR) is 53.2 cm³/mol. The van der Waals surface area contributed by atoms with Gasteiger partial charge in [-0.3, -0.25) is 0 Å². The first-order valence-corrected chi connectivity index (χ1v) is 5.08. The van der Waals surface area contributed by atoms with E-state index in [-0.39, 0.29) is 16.6 Å². The Hall–Kier alpha value is -1.11. The summed E-state index contributed by atoms with van der Waals surface area (Å²) in [6, 6.07) is 0.814. The molecular weight excluding hydrogens is 274 g/mol. The van der Waals surface area contributed by atoms with Crippen LogP contribution in [0.15, 0.2) is 6.07 Å². The van der Waals surface area contributed by atoms with E-state index in [1.54, 1.807) is 0 Å². The third-order valence-corrected chi connectivity index (χ3v) is 2.47. The number of aryl methyl sites for hydroxylation is 1. The van der Waals surface area contributed by atoms with Gasteiger partial charge in [-0.25, -0.2) is 8.78 Å². The monoisotopic (exact) mass is 280 g/mol. The highest BCUT2D eigenvalue weighted by atomic mass is 79.9. The molecule has 0 saturated carbocycles. The zero-order valence-electron chi connectivity index (χ0n) is 7.71. The standard InChI is InChI=1S/C8H7BrF2N2O2/c1-4-6(3-9)5(8(10)11)2-7(12-4)13(14)15/h2,8H,3H2,1H3. The van der Waals surface area contributed by atoms with Crippen molar-refractivity contribution >= 4 is 21.7 Å². The van der Waals surface area contributed by atoms with Crippen LogP contribution < -0.4 is 0 Å². The molecule has 0 atom stereocenters. The van der Waals surface area contributed by atoms with Gasteiger partial charge in [0.05, 0.1) is 0 Å². The number of halogens is 3. The predicted octanol–water partition coefficient (Wildman–Crippen LogP) is 3.13. The summed E-state index contributed by atoms with van der Waals surface area (Å²) in [6.07, 6.45) is -2.74. The zero-order chi connectivity index (χ0) is 11.6. The lowest BCUT2D eigenvalue weighted by atomic mass is 10.1. The van der Waals surface area contributed by atoms with Crippen molar-refractivity contribution in [3.63, 3.8) is 0 Å². The molecular formula is C8H7BrF2N2O2. The second-order valence-corrected chi connectivity index (χ2v) is 3.39. The topological polar surface area (TPSA) is 56.0 Å². The molecule has 1 aromatic heterocycles. The van der Waals surface area contributed by atoms with Crippen LogP contribution in [0.2, 0.25) is 0 Å². The van der Waals surface area contributed by atoms with Gasteiger partial charge in [-0.2, -0.15) is 0 Å². The fourth-order valence-electron chi connectivity index (χ4n) is 1.17. The number of hydrogen-bond acceptors (Lipinski definition) is 3. The van der Waals surface area contributed by atoms with Crippen molar-refractivity contribution in [2.24, 2.45) is 0 Å². The molecule has 0 amide bonds. The molecule has 0 bridgehead atoms. The van der Waals surface area contributed by atoms with E-state index >= 15 is 0 Å². The minimum Gasteiger partial charge on any atom is -0.358 e. The maximum Gasteiger partial charge on any atom is 0.364 e. The normalized spacial score (nSPS) is 10.7. The molecule has 1 aromatic rings. The highest BCUT2D eigenvalue weighted by Gasteiger charge is 2.22. The summed E-state index contributed by atoms with van der Waals surface area (Å²) in [5, 5.41) is 10.6. The van der Waals surface area contributed by atoms with Crippen LogP contribution in [0.1, 0.15) is 23.2 Å². The van der Waals surface area contributed by atoms with Gasteiger partial charge in [0.2, 0.25) is 0 Å². The number of alkyl halides is 3. The quantitative estimate of drug-likeness (QED) is 0.486. The van der Waals surface area contributed by atoms with Gasteiger partial charge in [0, 0.05) is 29.4 Å². The molecule has 0 aromatic carbocycles. The van der Waals surface area contributed by atoms with Crippen molar-refractivity contribution < 1.29 is 13.7 Å². The van der Waals surface area contributed by atoms with Crippen molar-refractivity contribution in [2.45, 2.75) is 18.7 Å². The third-order valence-electron chi connectivity index (χ3n) is 1.91. The molecule has 0 aliphatic heterocycles. The second-order valence-electron chi connectivity index (χ2n) is 2.83. The van der Waals surface area contributed by atoms with Crippen LogP contribution in [0, 0.1) is 17.0 Å². The van der Waals surface area contributed by atoms with Crippen LogP contribution in [0.25, 0.3) is 0 Å². The van der Waals surface area contributed by atoms with Crippen molar-refractivity contribution in [3.05, 3.63) is 33.0 Å². The van der Waals surface area contributed by atoms with E-state index < -0.39 is 17.2 Å². The summed E-state index contributed by atoms with van der Waals surface area (Å²) >= 11 is 3.05. The van der Waals surface area contributed by atoms with E-state index in [0.29, 0.717) is 5.56 Å². The van der Waals surface area contributed by atoms with E-state index in [1.807, 2.05) is 0 Å². The highest BCUT2D eigenvalue weighted by molar-refractivity contribution is 9.08. The van der Waals surface area contributed by atoms with Crippen LogP contribution in [-0.2, 0) is 5.33 Å². The van der Waals surface area contributed by atoms with E-state index in [9.17, 15) is 18.9 Å². The molecule has 0 unspecified atom stereocenters. The van der Waals surface area contributed by atoms with Gasteiger partial charge in [0.1, 0.15) is 0 Å². The molecule has 0 spiro atoms. The Bertz CT molecular complexity index is 398. The number of nitro groups is 1. The molecule has 0 radical (unpaired) electrons. The van der Waals surface area contributed by atoms with Crippen LogP contribution in [0.5, 0.6) is 0 Å². The molecule has 0 fully saturated rings. The van der Waals surface area contributed by atoms with E-state index in [4.69, 9.17) is 0 Å². The Labute approximate surface area is 92.6 Å². The third kappa shape index (κ3) is 2.47. The fraction of sp³-hybridized carbons (Fsp3) is 0.375. The molecule has 1 heterocycles. The van der Waals surface area contributed by atoms with Crippen molar-refractivity contribution in [1.29, 1.82) is 0 Å². The minimum absolute atomic E-state index is 0.198. The Balaban J connectivity index is 3.38. The molecule has 0 saturated heterocycles. The highest BCUT2D eigenvalue weighted by Crippen LogP contribution is 2.29. The number of rotatable bonds is 3. The summed E-state index contributed by atoms with van der Waals surface area (Å²) in [5.74, 6) is -0.549. The van der Waals surface area contributed by atoms with Gasteiger partial charge >= 0.3 is 5.82 Å². The summed E-state index contributed by atoms with van der Waals surface area (Å²) in [7, 11) is 0. The minimum atomic E-state index is -2.74. The van der Waals surface area contributed by atoms with E-state index in [1.165, 1.54) is 6.92 Å². The van der Waals surface area contributed by atoms with Crippen molar-refractivity contribution in [1.82, 2.24) is 4.98 Å². The summed E-state index contributed by atoms with van der Waals surface area (Å²) < 4.78 is 25.1. The molecule has 1 rings (SSSR count). The van der Waals surface area contributed by atoms with Crippen molar-refractivity contribution in [2.75, 3.05) is 0 Å². The molecule has 0 aliphatic rings.